The van der Waals surface area contributed by atoms with Crippen molar-refractivity contribution in [2.75, 3.05) is 13.7 Å². The predicted octanol–water partition coefficient (Wildman–Crippen LogP) is 3.48. The first-order chi connectivity index (χ1) is 10.5. The van der Waals surface area contributed by atoms with Crippen molar-refractivity contribution in [2.45, 2.75) is 45.7 Å². The van der Waals surface area contributed by atoms with Gasteiger partial charge in [-0.2, -0.15) is 0 Å². The third-order valence-corrected chi connectivity index (χ3v) is 3.55. The number of hydrogen-bond donors (Lipinski definition) is 2. The average Bonchev–Trinajstić information content (AvgIpc) is 2.47. The Balaban J connectivity index is 2.81. The fraction of sp³-hybridized carbons (Fsp3) is 0.562. The summed E-state index contributed by atoms with van der Waals surface area (Å²) in [7, 11) is 1.53. The molecule has 0 saturated heterocycles. The first-order valence-corrected chi connectivity index (χ1v) is 7.86. The van der Waals surface area contributed by atoms with Gasteiger partial charge in [-0.15, -0.1) is 0 Å². The van der Waals surface area contributed by atoms with Crippen molar-refractivity contribution in [2.24, 2.45) is 0 Å². The number of halogens is 1. The molecule has 0 radical (unpaired) electrons. The van der Waals surface area contributed by atoms with Crippen molar-refractivity contribution < 1.29 is 19.4 Å². The topological polar surface area (TPSA) is 67.8 Å². The van der Waals surface area contributed by atoms with E-state index in [2.05, 4.69) is 5.32 Å². The number of carbonyl (C=O) groups is 1. The monoisotopic (exact) mass is 329 g/mol. The summed E-state index contributed by atoms with van der Waals surface area (Å²) in [6, 6.07) is 3.02. The van der Waals surface area contributed by atoms with Crippen molar-refractivity contribution in [3.05, 3.63) is 22.7 Å². The Morgan fingerprint density at radius 3 is 2.68 bits per heavy atom. The lowest BCUT2D eigenvalue weighted by atomic mass is 10.1. The molecular formula is C16H24ClNO4. The van der Waals surface area contributed by atoms with Crippen LogP contribution in [0, 0.1) is 0 Å². The van der Waals surface area contributed by atoms with Crippen LogP contribution in [-0.2, 0) is 11.3 Å². The number of benzene rings is 1. The van der Waals surface area contributed by atoms with Gasteiger partial charge in [0.05, 0.1) is 18.7 Å². The van der Waals surface area contributed by atoms with E-state index in [0.717, 1.165) is 18.4 Å². The number of methoxy groups -OCH3 is 1. The molecule has 0 bridgehead atoms. The SMILES string of the molecule is CCCCC(NCc1cc(Cl)c(OC)c(OCC)c1)C(=O)O. The Bertz CT molecular complexity index is 493. The van der Waals surface area contributed by atoms with Gasteiger partial charge in [-0.1, -0.05) is 31.4 Å². The molecule has 0 fully saturated rings. The summed E-state index contributed by atoms with van der Waals surface area (Å²) in [5.74, 6) is 0.223. The molecule has 6 heteroatoms. The number of unbranched alkanes of at least 4 members (excludes halogenated alkanes) is 1. The lowest BCUT2D eigenvalue weighted by molar-refractivity contribution is -0.139. The maximum absolute atomic E-state index is 11.2. The van der Waals surface area contributed by atoms with Crippen LogP contribution in [0.25, 0.3) is 0 Å². The standard InChI is InChI=1S/C16H24ClNO4/c1-4-6-7-13(16(19)20)18-10-11-8-12(17)15(21-3)14(9-11)22-5-2/h8-9,13,18H,4-7,10H2,1-3H3,(H,19,20). The van der Waals surface area contributed by atoms with Crippen LogP contribution in [0.15, 0.2) is 12.1 Å². The van der Waals surface area contributed by atoms with E-state index in [9.17, 15) is 9.90 Å². The highest BCUT2D eigenvalue weighted by Crippen LogP contribution is 2.36. The number of ether oxygens (including phenoxy) is 2. The molecule has 1 atom stereocenters. The molecule has 1 aromatic carbocycles. The van der Waals surface area contributed by atoms with E-state index < -0.39 is 12.0 Å². The molecule has 1 aromatic rings. The molecule has 0 aliphatic heterocycles. The van der Waals surface area contributed by atoms with E-state index in [1.165, 1.54) is 7.11 Å². The summed E-state index contributed by atoms with van der Waals surface area (Å²) >= 11 is 6.18. The fourth-order valence-corrected chi connectivity index (χ4v) is 2.46. The normalized spacial score (nSPS) is 12.0. The van der Waals surface area contributed by atoms with Gasteiger partial charge in [0.25, 0.3) is 0 Å². The summed E-state index contributed by atoms with van der Waals surface area (Å²) in [6.07, 6.45) is 2.44. The van der Waals surface area contributed by atoms with Crippen molar-refractivity contribution in [3.63, 3.8) is 0 Å². The highest BCUT2D eigenvalue weighted by molar-refractivity contribution is 6.32. The molecule has 1 unspecified atom stereocenters. The lowest BCUT2D eigenvalue weighted by Crippen LogP contribution is -2.36. The van der Waals surface area contributed by atoms with Gasteiger partial charge >= 0.3 is 5.97 Å². The zero-order chi connectivity index (χ0) is 16.5. The van der Waals surface area contributed by atoms with E-state index in [1.54, 1.807) is 6.07 Å². The van der Waals surface area contributed by atoms with E-state index in [-0.39, 0.29) is 0 Å². The van der Waals surface area contributed by atoms with Gasteiger partial charge in [0, 0.05) is 6.54 Å². The van der Waals surface area contributed by atoms with E-state index in [1.807, 2.05) is 19.9 Å². The Kier molecular flexibility index (Phi) is 8.06. The summed E-state index contributed by atoms with van der Waals surface area (Å²) < 4.78 is 10.7. The van der Waals surface area contributed by atoms with Crippen molar-refractivity contribution in [3.8, 4) is 11.5 Å². The molecule has 124 valence electrons. The fourth-order valence-electron chi connectivity index (χ4n) is 2.15. The van der Waals surface area contributed by atoms with Gasteiger partial charge in [-0.3, -0.25) is 4.79 Å². The number of carboxylic acid groups (broad SMARTS) is 1. The lowest BCUT2D eigenvalue weighted by Gasteiger charge is -2.16. The van der Waals surface area contributed by atoms with Gasteiger partial charge < -0.3 is 19.9 Å². The molecule has 0 aliphatic rings. The Hall–Kier alpha value is -1.46. The summed E-state index contributed by atoms with van der Waals surface area (Å²) in [5.41, 5.74) is 0.858. The van der Waals surface area contributed by atoms with Crippen LogP contribution in [0.2, 0.25) is 5.02 Å². The van der Waals surface area contributed by atoms with Gasteiger partial charge in [0.2, 0.25) is 0 Å². The minimum absolute atomic E-state index is 0.407. The summed E-state index contributed by atoms with van der Waals surface area (Å²) in [5, 5.41) is 12.7. The zero-order valence-corrected chi connectivity index (χ0v) is 14.1. The molecule has 22 heavy (non-hydrogen) atoms. The quantitative estimate of drug-likeness (QED) is 0.688. The van der Waals surface area contributed by atoms with Crippen LogP contribution < -0.4 is 14.8 Å². The molecule has 0 spiro atoms. The number of carboxylic acids is 1. The van der Waals surface area contributed by atoms with Gasteiger partial charge in [0.15, 0.2) is 11.5 Å². The first-order valence-electron chi connectivity index (χ1n) is 7.48. The molecule has 1 rings (SSSR count). The van der Waals surface area contributed by atoms with Crippen molar-refractivity contribution in [1.29, 1.82) is 0 Å². The minimum atomic E-state index is -0.835. The van der Waals surface area contributed by atoms with E-state index in [4.69, 9.17) is 21.1 Å². The van der Waals surface area contributed by atoms with Crippen LogP contribution >= 0.6 is 11.6 Å². The second-order valence-corrected chi connectivity index (χ2v) is 5.36. The Morgan fingerprint density at radius 2 is 2.14 bits per heavy atom. The molecule has 0 saturated carbocycles. The average molecular weight is 330 g/mol. The highest BCUT2D eigenvalue weighted by Gasteiger charge is 2.17. The second kappa shape index (κ2) is 9.54. The van der Waals surface area contributed by atoms with Crippen LogP contribution in [0.5, 0.6) is 11.5 Å². The van der Waals surface area contributed by atoms with Crippen LogP contribution in [-0.4, -0.2) is 30.8 Å². The maximum Gasteiger partial charge on any atom is 0.320 e. The molecule has 0 heterocycles. The van der Waals surface area contributed by atoms with Gasteiger partial charge in [0.1, 0.15) is 6.04 Å². The van der Waals surface area contributed by atoms with Crippen LogP contribution in [0.4, 0.5) is 0 Å². The predicted molar refractivity (Wildman–Crippen MR) is 87.0 cm³/mol. The molecule has 0 aromatic heterocycles. The largest absolute Gasteiger partial charge is 0.491 e. The summed E-state index contributed by atoms with van der Waals surface area (Å²) in [6.45, 7) is 4.82. The van der Waals surface area contributed by atoms with Crippen LogP contribution in [0.3, 0.4) is 0 Å². The molecule has 0 amide bonds. The second-order valence-electron chi connectivity index (χ2n) is 4.96. The minimum Gasteiger partial charge on any atom is -0.491 e. The molecule has 5 nitrogen and oxygen atoms in total. The van der Waals surface area contributed by atoms with Crippen molar-refractivity contribution >= 4 is 17.6 Å². The van der Waals surface area contributed by atoms with E-state index in [0.29, 0.717) is 36.1 Å². The Morgan fingerprint density at radius 1 is 1.41 bits per heavy atom. The number of rotatable bonds is 10. The van der Waals surface area contributed by atoms with Crippen LogP contribution in [0.1, 0.15) is 38.7 Å². The smallest absolute Gasteiger partial charge is 0.320 e. The maximum atomic E-state index is 11.2. The molecular weight excluding hydrogens is 306 g/mol. The third-order valence-electron chi connectivity index (χ3n) is 3.27. The van der Waals surface area contributed by atoms with Gasteiger partial charge in [-0.05, 0) is 31.0 Å². The Labute approximate surface area is 136 Å². The molecule has 0 aliphatic carbocycles. The number of aliphatic carboxylic acids is 1. The summed E-state index contributed by atoms with van der Waals surface area (Å²) in [4.78, 5) is 11.2. The number of nitrogens with one attached hydrogen (secondary N) is 1. The van der Waals surface area contributed by atoms with Gasteiger partial charge in [-0.25, -0.2) is 0 Å². The third kappa shape index (κ3) is 5.39. The first kappa shape index (κ1) is 18.6. The highest BCUT2D eigenvalue weighted by atomic mass is 35.5. The van der Waals surface area contributed by atoms with E-state index >= 15 is 0 Å². The zero-order valence-electron chi connectivity index (χ0n) is 13.3. The molecule has 2 N–H and O–H groups in total. The van der Waals surface area contributed by atoms with Crippen molar-refractivity contribution in [1.82, 2.24) is 5.32 Å². The number of hydrogen-bond acceptors (Lipinski definition) is 4.